The minimum atomic E-state index is -0.258. The molecule has 1 aliphatic heterocycles. The average molecular weight is 334 g/mol. The number of fused-ring (bicyclic) bond motifs is 1. The summed E-state index contributed by atoms with van der Waals surface area (Å²) in [6.45, 7) is 7.47. The number of carbonyl (C=O) groups excluding carboxylic acids is 1. The lowest BCUT2D eigenvalue weighted by Crippen LogP contribution is -2.40. The van der Waals surface area contributed by atoms with Crippen LogP contribution < -0.4 is 4.90 Å². The number of nitrogens with zero attached hydrogens (tertiary/aromatic N) is 4. The fraction of sp³-hybridized carbons (Fsp3) is 0.562. The van der Waals surface area contributed by atoms with Gasteiger partial charge in [-0.2, -0.15) is 0 Å². The summed E-state index contributed by atoms with van der Waals surface area (Å²) in [5.74, 6) is 0.974. The van der Waals surface area contributed by atoms with Crippen LogP contribution in [-0.2, 0) is 4.74 Å². The van der Waals surface area contributed by atoms with E-state index in [-0.39, 0.29) is 18.2 Å². The van der Waals surface area contributed by atoms with Gasteiger partial charge in [0, 0.05) is 20.1 Å². The number of aromatic nitrogens is 2. The lowest BCUT2D eigenvalue weighted by molar-refractivity contribution is 0.0748. The Bertz CT molecular complexity index is 715. The molecule has 1 aliphatic rings. The van der Waals surface area contributed by atoms with Crippen LogP contribution in [0.2, 0.25) is 0 Å². The number of aryl methyl sites for hydroxylation is 1. The van der Waals surface area contributed by atoms with Crippen molar-refractivity contribution in [1.29, 1.82) is 0 Å². The van der Waals surface area contributed by atoms with E-state index in [0.717, 1.165) is 35.5 Å². The van der Waals surface area contributed by atoms with Crippen molar-refractivity contribution in [3.63, 3.8) is 0 Å². The van der Waals surface area contributed by atoms with Gasteiger partial charge in [0.25, 0.3) is 0 Å². The van der Waals surface area contributed by atoms with Gasteiger partial charge in [-0.05, 0) is 38.1 Å². The number of likely N-dealkylation sites (N-methyl/N-ethyl adjacent to an activating group) is 1. The second kappa shape index (κ2) is 6.31. The van der Waals surface area contributed by atoms with Gasteiger partial charge in [0.15, 0.2) is 0 Å². The van der Waals surface area contributed by atoms with Crippen molar-refractivity contribution < 1.29 is 9.53 Å². The van der Waals surface area contributed by atoms with Crippen molar-refractivity contribution in [1.82, 2.24) is 14.9 Å². The van der Waals surface area contributed by atoms with Crippen LogP contribution in [0.4, 0.5) is 10.6 Å². The molecule has 0 aliphatic carbocycles. The average Bonchev–Trinajstić information content (AvgIpc) is 3.13. The number of amides is 1. The molecule has 7 heteroatoms. The fourth-order valence-corrected chi connectivity index (χ4v) is 3.81. The van der Waals surface area contributed by atoms with E-state index >= 15 is 0 Å². The van der Waals surface area contributed by atoms with E-state index in [2.05, 4.69) is 27.2 Å². The highest BCUT2D eigenvalue weighted by molar-refractivity contribution is 7.17. The number of rotatable bonds is 3. The molecular formula is C16H22N4O2S. The zero-order chi connectivity index (χ0) is 16.6. The number of anilines is 1. The topological polar surface area (TPSA) is 58.6 Å². The van der Waals surface area contributed by atoms with E-state index in [9.17, 15) is 4.79 Å². The summed E-state index contributed by atoms with van der Waals surface area (Å²) < 4.78 is 5.29. The predicted molar refractivity (Wildman–Crippen MR) is 92.2 cm³/mol. The Morgan fingerprint density at radius 1 is 1.48 bits per heavy atom. The summed E-state index contributed by atoms with van der Waals surface area (Å²) in [6, 6.07) is 0.144. The molecule has 124 valence electrons. The molecule has 0 radical (unpaired) electrons. The first-order valence-electron chi connectivity index (χ1n) is 7.84. The smallest absolute Gasteiger partial charge is 0.410 e. The van der Waals surface area contributed by atoms with Crippen LogP contribution in [-0.4, -0.2) is 53.2 Å². The van der Waals surface area contributed by atoms with Crippen molar-refractivity contribution >= 4 is 33.5 Å². The number of hydrogen-bond acceptors (Lipinski definition) is 6. The Kier molecular flexibility index (Phi) is 4.39. The maximum atomic E-state index is 12.1. The first-order valence-corrected chi connectivity index (χ1v) is 8.72. The van der Waals surface area contributed by atoms with Crippen LogP contribution in [0.5, 0.6) is 0 Å². The lowest BCUT2D eigenvalue weighted by Gasteiger charge is -2.25. The van der Waals surface area contributed by atoms with E-state index in [1.54, 1.807) is 22.6 Å². The highest BCUT2D eigenvalue weighted by Crippen LogP contribution is 2.32. The minimum Gasteiger partial charge on any atom is -0.447 e. The zero-order valence-corrected chi connectivity index (χ0v) is 14.8. The van der Waals surface area contributed by atoms with Gasteiger partial charge in [0.2, 0.25) is 0 Å². The molecule has 1 amide bonds. The third kappa shape index (κ3) is 3.10. The van der Waals surface area contributed by atoms with Crippen LogP contribution in [0.3, 0.4) is 0 Å². The Morgan fingerprint density at radius 2 is 2.26 bits per heavy atom. The highest BCUT2D eigenvalue weighted by Gasteiger charge is 2.31. The molecule has 0 bridgehead atoms. The summed E-state index contributed by atoms with van der Waals surface area (Å²) in [4.78, 5) is 25.9. The first kappa shape index (κ1) is 16.0. The molecule has 0 N–H and O–H groups in total. The highest BCUT2D eigenvalue weighted by atomic mass is 32.1. The molecule has 6 nitrogen and oxygen atoms in total. The van der Waals surface area contributed by atoms with E-state index < -0.39 is 0 Å². The van der Waals surface area contributed by atoms with Gasteiger partial charge < -0.3 is 14.5 Å². The van der Waals surface area contributed by atoms with Gasteiger partial charge in [-0.25, -0.2) is 14.8 Å². The molecule has 2 aromatic heterocycles. The number of ether oxygens (including phenoxy) is 1. The predicted octanol–water partition coefficient (Wildman–Crippen LogP) is 3.06. The Hall–Kier alpha value is -1.89. The molecule has 3 heterocycles. The van der Waals surface area contributed by atoms with E-state index in [1.165, 1.54) is 5.56 Å². The maximum absolute atomic E-state index is 12.1. The van der Waals surface area contributed by atoms with E-state index in [1.807, 2.05) is 20.9 Å². The van der Waals surface area contributed by atoms with Crippen LogP contribution >= 0.6 is 11.3 Å². The van der Waals surface area contributed by atoms with E-state index in [4.69, 9.17) is 4.74 Å². The lowest BCUT2D eigenvalue weighted by atomic mass is 10.2. The van der Waals surface area contributed by atoms with Crippen molar-refractivity contribution in [3.8, 4) is 0 Å². The number of carbonyl (C=O) groups is 1. The molecule has 1 fully saturated rings. The van der Waals surface area contributed by atoms with Crippen LogP contribution in [0.15, 0.2) is 11.7 Å². The monoisotopic (exact) mass is 334 g/mol. The van der Waals surface area contributed by atoms with Gasteiger partial charge >= 0.3 is 6.09 Å². The van der Waals surface area contributed by atoms with Crippen LogP contribution in [0.25, 0.3) is 10.2 Å². The Labute approximate surface area is 140 Å². The van der Waals surface area contributed by atoms with Gasteiger partial charge in [0.05, 0.1) is 17.5 Å². The van der Waals surface area contributed by atoms with Crippen LogP contribution in [0, 0.1) is 6.92 Å². The summed E-state index contributed by atoms with van der Waals surface area (Å²) >= 11 is 1.64. The zero-order valence-electron chi connectivity index (χ0n) is 13.9. The first-order chi connectivity index (χ1) is 11.0. The summed E-state index contributed by atoms with van der Waals surface area (Å²) in [5, 5.41) is 3.24. The SMILES string of the molecule is Cc1csc2ncnc(N3CCC(N(C)C(=O)OC(C)C)C3)c12. The summed E-state index contributed by atoms with van der Waals surface area (Å²) in [7, 11) is 1.81. The molecular weight excluding hydrogens is 312 g/mol. The molecule has 0 spiro atoms. The fourth-order valence-electron chi connectivity index (χ4n) is 2.92. The minimum absolute atomic E-state index is 0.0996. The van der Waals surface area contributed by atoms with Gasteiger partial charge in [-0.15, -0.1) is 11.3 Å². The van der Waals surface area contributed by atoms with Gasteiger partial charge in [0.1, 0.15) is 17.0 Å². The maximum Gasteiger partial charge on any atom is 0.410 e. The Balaban J connectivity index is 1.77. The quantitative estimate of drug-likeness (QED) is 0.863. The standard InChI is InChI=1S/C16H22N4O2S/c1-10(2)22-16(21)19(4)12-5-6-20(7-12)14-13-11(3)8-23-15(13)18-9-17-14/h8-10,12H,5-7H2,1-4H3. The molecule has 0 aromatic carbocycles. The second-order valence-electron chi connectivity index (χ2n) is 6.23. The molecule has 23 heavy (non-hydrogen) atoms. The Morgan fingerprint density at radius 3 is 3.00 bits per heavy atom. The van der Waals surface area contributed by atoms with Crippen molar-refractivity contribution in [2.45, 2.75) is 39.3 Å². The summed E-state index contributed by atoms with van der Waals surface area (Å²) in [6.07, 6.45) is 2.18. The molecule has 2 aromatic rings. The van der Waals surface area contributed by atoms with Crippen molar-refractivity contribution in [3.05, 3.63) is 17.3 Å². The van der Waals surface area contributed by atoms with Crippen molar-refractivity contribution in [2.24, 2.45) is 0 Å². The molecule has 1 atom stereocenters. The van der Waals surface area contributed by atoms with Crippen molar-refractivity contribution in [2.75, 3.05) is 25.0 Å². The molecule has 1 saturated heterocycles. The summed E-state index contributed by atoms with van der Waals surface area (Å²) in [5.41, 5.74) is 1.21. The van der Waals surface area contributed by atoms with Gasteiger partial charge in [-0.1, -0.05) is 0 Å². The normalized spacial score (nSPS) is 18.0. The number of hydrogen-bond donors (Lipinski definition) is 0. The van der Waals surface area contributed by atoms with Gasteiger partial charge in [-0.3, -0.25) is 0 Å². The molecule has 0 saturated carbocycles. The van der Waals surface area contributed by atoms with E-state index in [0.29, 0.717) is 0 Å². The third-order valence-electron chi connectivity index (χ3n) is 4.17. The second-order valence-corrected chi connectivity index (χ2v) is 7.09. The molecule has 1 unspecified atom stereocenters. The largest absolute Gasteiger partial charge is 0.447 e. The van der Waals surface area contributed by atoms with Crippen LogP contribution in [0.1, 0.15) is 25.8 Å². The number of thiophene rings is 1. The third-order valence-corrected chi connectivity index (χ3v) is 5.17. The molecule has 3 rings (SSSR count).